The Morgan fingerprint density at radius 2 is 1.97 bits per heavy atom. The van der Waals surface area contributed by atoms with Crippen LogP contribution in [0.2, 0.25) is 0 Å². The average molecular weight is 425 g/mol. The highest BCUT2D eigenvalue weighted by Crippen LogP contribution is 2.29. The van der Waals surface area contributed by atoms with E-state index in [1.165, 1.54) is 12.2 Å². The van der Waals surface area contributed by atoms with Gasteiger partial charge in [-0.05, 0) is 30.5 Å². The number of carbonyl (C=O) groups excluding carboxylic acids is 1. The van der Waals surface area contributed by atoms with Crippen LogP contribution in [0, 0.1) is 0 Å². The quantitative estimate of drug-likeness (QED) is 0.582. The van der Waals surface area contributed by atoms with E-state index < -0.39 is 0 Å². The molecule has 1 aromatic carbocycles. The number of nitrogens with zero attached hydrogens (tertiary/aromatic N) is 4. The summed E-state index contributed by atoms with van der Waals surface area (Å²) < 4.78 is 12.5. The maximum absolute atomic E-state index is 12.9. The van der Waals surface area contributed by atoms with Crippen LogP contribution < -0.4 is 10.1 Å². The highest BCUT2D eigenvalue weighted by molar-refractivity contribution is 6.06. The fraction of sp³-hybridized carbons (Fsp3) is 0.409. The first-order valence-electron chi connectivity index (χ1n) is 10.2. The van der Waals surface area contributed by atoms with Gasteiger partial charge in [-0.1, -0.05) is 12.1 Å². The molecule has 31 heavy (non-hydrogen) atoms. The summed E-state index contributed by atoms with van der Waals surface area (Å²) in [5.41, 5.74) is 2.96. The van der Waals surface area contributed by atoms with Crippen LogP contribution in [0.4, 0.5) is 5.69 Å². The van der Waals surface area contributed by atoms with Gasteiger partial charge in [-0.3, -0.25) is 9.63 Å². The second-order valence-electron chi connectivity index (χ2n) is 7.45. The van der Waals surface area contributed by atoms with Gasteiger partial charge >= 0.3 is 0 Å². The van der Waals surface area contributed by atoms with Gasteiger partial charge in [-0.15, -0.1) is 0 Å². The summed E-state index contributed by atoms with van der Waals surface area (Å²) in [5, 5.41) is 10.1. The Bertz CT molecular complexity index is 1040. The van der Waals surface area contributed by atoms with Crippen LogP contribution in [0.25, 0.3) is 11.0 Å². The number of hydrogen-bond acceptors (Lipinski definition) is 7. The van der Waals surface area contributed by atoms with Crippen LogP contribution in [0.3, 0.4) is 0 Å². The molecule has 1 amide bonds. The zero-order chi connectivity index (χ0) is 21.8. The van der Waals surface area contributed by atoms with Crippen LogP contribution >= 0.6 is 0 Å². The molecule has 0 unspecified atom stereocenters. The second-order valence-corrected chi connectivity index (χ2v) is 7.45. The van der Waals surface area contributed by atoms with E-state index in [1.807, 2.05) is 28.9 Å². The summed E-state index contributed by atoms with van der Waals surface area (Å²) in [6.45, 7) is 1.95. The van der Waals surface area contributed by atoms with Crippen molar-refractivity contribution in [3.8, 4) is 5.75 Å². The summed E-state index contributed by atoms with van der Waals surface area (Å²) in [6.07, 6.45) is 5.10. The summed E-state index contributed by atoms with van der Waals surface area (Å²) in [6, 6.07) is 8.05. The molecule has 0 aliphatic carbocycles. The molecule has 0 bridgehead atoms. The Labute approximate surface area is 180 Å². The first-order chi connectivity index (χ1) is 15.1. The fourth-order valence-corrected chi connectivity index (χ4v) is 3.66. The second kappa shape index (κ2) is 9.32. The lowest BCUT2D eigenvalue weighted by Crippen LogP contribution is -2.31. The van der Waals surface area contributed by atoms with Gasteiger partial charge in [0, 0.05) is 32.5 Å². The van der Waals surface area contributed by atoms with Crippen LogP contribution in [-0.2, 0) is 16.1 Å². The van der Waals surface area contributed by atoms with Crippen LogP contribution in [0.5, 0.6) is 5.75 Å². The number of ether oxygens (including phenoxy) is 2. The molecule has 0 atom stereocenters. The molecule has 9 heteroatoms. The molecule has 1 fully saturated rings. The van der Waals surface area contributed by atoms with Crippen molar-refractivity contribution in [1.82, 2.24) is 19.8 Å². The third-order valence-corrected chi connectivity index (χ3v) is 5.52. The molecular weight excluding hydrogens is 398 g/mol. The molecule has 1 N–H and O–H groups in total. The maximum Gasteiger partial charge on any atom is 0.280 e. The van der Waals surface area contributed by atoms with Gasteiger partial charge in [-0.25, -0.2) is 14.7 Å². The number of hydroxylamine groups is 2. The number of pyridine rings is 1. The van der Waals surface area contributed by atoms with Crippen molar-refractivity contribution in [3.05, 3.63) is 47.8 Å². The van der Waals surface area contributed by atoms with E-state index in [0.29, 0.717) is 31.0 Å². The molecule has 0 spiro atoms. The molecular formula is C22H27N5O4. The average Bonchev–Trinajstić information content (AvgIpc) is 3.22. The predicted molar refractivity (Wildman–Crippen MR) is 116 cm³/mol. The van der Waals surface area contributed by atoms with E-state index in [0.717, 1.165) is 35.2 Å². The molecule has 3 heterocycles. The topological polar surface area (TPSA) is 90.7 Å². The predicted octanol–water partition coefficient (Wildman–Crippen LogP) is 2.71. The number of hydrogen-bond donors (Lipinski definition) is 1. The molecule has 2 aromatic heterocycles. The lowest BCUT2D eigenvalue weighted by atomic mass is 10.1. The van der Waals surface area contributed by atoms with Crippen molar-refractivity contribution in [2.45, 2.75) is 25.4 Å². The first kappa shape index (κ1) is 21.1. The van der Waals surface area contributed by atoms with Gasteiger partial charge < -0.3 is 14.8 Å². The van der Waals surface area contributed by atoms with Gasteiger partial charge in [0.15, 0.2) is 5.65 Å². The molecule has 1 aliphatic heterocycles. The highest BCUT2D eigenvalue weighted by atomic mass is 16.7. The lowest BCUT2D eigenvalue weighted by Gasteiger charge is -2.26. The van der Waals surface area contributed by atoms with Gasteiger partial charge in [0.2, 0.25) is 0 Å². The SMILES string of the molecule is COc1ccc(Cn2ncc3c(NC4CCOCC4)c(C(=O)N(C)OC)cnc32)cc1. The molecule has 9 nitrogen and oxygen atoms in total. The summed E-state index contributed by atoms with van der Waals surface area (Å²) in [7, 11) is 4.69. The van der Waals surface area contributed by atoms with Crippen molar-refractivity contribution in [2.75, 3.05) is 39.8 Å². The van der Waals surface area contributed by atoms with Gasteiger partial charge in [-0.2, -0.15) is 5.10 Å². The Morgan fingerprint density at radius 3 is 2.65 bits per heavy atom. The Morgan fingerprint density at radius 1 is 1.23 bits per heavy atom. The lowest BCUT2D eigenvalue weighted by molar-refractivity contribution is -0.0756. The Balaban J connectivity index is 1.71. The normalized spacial score (nSPS) is 14.5. The number of aromatic nitrogens is 3. The first-order valence-corrected chi connectivity index (χ1v) is 10.2. The number of rotatable bonds is 7. The zero-order valence-electron chi connectivity index (χ0n) is 18.0. The molecule has 164 valence electrons. The van der Waals surface area contributed by atoms with Crippen LogP contribution in [0.15, 0.2) is 36.7 Å². The number of carbonyl (C=O) groups is 1. The number of methoxy groups -OCH3 is 1. The molecule has 0 saturated carbocycles. The fourth-order valence-electron chi connectivity index (χ4n) is 3.66. The van der Waals surface area contributed by atoms with Crippen LogP contribution in [0.1, 0.15) is 28.8 Å². The van der Waals surface area contributed by atoms with Crippen molar-refractivity contribution < 1.29 is 19.1 Å². The molecule has 0 radical (unpaired) electrons. The van der Waals surface area contributed by atoms with Gasteiger partial charge in [0.25, 0.3) is 5.91 Å². The van der Waals surface area contributed by atoms with E-state index in [4.69, 9.17) is 14.3 Å². The number of amides is 1. The van der Waals surface area contributed by atoms with Crippen molar-refractivity contribution in [3.63, 3.8) is 0 Å². The van der Waals surface area contributed by atoms with E-state index >= 15 is 0 Å². The van der Waals surface area contributed by atoms with E-state index in [9.17, 15) is 4.79 Å². The third-order valence-electron chi connectivity index (χ3n) is 5.52. The van der Waals surface area contributed by atoms with Gasteiger partial charge in [0.05, 0.1) is 43.6 Å². The Hall–Kier alpha value is -3.17. The number of nitrogens with one attached hydrogen (secondary N) is 1. The molecule has 4 rings (SSSR count). The van der Waals surface area contributed by atoms with Crippen molar-refractivity contribution in [1.29, 1.82) is 0 Å². The number of benzene rings is 1. The smallest absolute Gasteiger partial charge is 0.280 e. The van der Waals surface area contributed by atoms with Crippen molar-refractivity contribution >= 4 is 22.6 Å². The van der Waals surface area contributed by atoms with Crippen LogP contribution in [-0.4, -0.2) is 66.3 Å². The van der Waals surface area contributed by atoms with E-state index in [1.54, 1.807) is 26.6 Å². The molecule has 1 aliphatic rings. The Kier molecular flexibility index (Phi) is 6.34. The maximum atomic E-state index is 12.9. The standard InChI is InChI=1S/C22H27N5O4/c1-26(30-3)22(28)19-12-23-21-18(20(19)25-16-8-10-31-11-9-16)13-24-27(21)14-15-4-6-17(29-2)7-5-15/h4-7,12-13,16H,8-11,14H2,1-3H3,(H,23,25). The molecule has 1 saturated heterocycles. The zero-order valence-corrected chi connectivity index (χ0v) is 18.0. The summed E-state index contributed by atoms with van der Waals surface area (Å²) in [4.78, 5) is 22.6. The van der Waals surface area contributed by atoms with Crippen molar-refractivity contribution in [2.24, 2.45) is 0 Å². The van der Waals surface area contributed by atoms with E-state index in [-0.39, 0.29) is 11.9 Å². The number of fused-ring (bicyclic) bond motifs is 1. The largest absolute Gasteiger partial charge is 0.497 e. The minimum Gasteiger partial charge on any atom is -0.497 e. The molecule has 3 aromatic rings. The minimum absolute atomic E-state index is 0.212. The summed E-state index contributed by atoms with van der Waals surface area (Å²) >= 11 is 0. The van der Waals surface area contributed by atoms with Gasteiger partial charge in [0.1, 0.15) is 5.75 Å². The minimum atomic E-state index is -0.269. The highest BCUT2D eigenvalue weighted by Gasteiger charge is 2.24. The third kappa shape index (κ3) is 4.47. The number of anilines is 1. The monoisotopic (exact) mass is 425 g/mol. The van der Waals surface area contributed by atoms with E-state index in [2.05, 4.69) is 15.4 Å². The summed E-state index contributed by atoms with van der Waals surface area (Å²) in [5.74, 6) is 0.537.